The molecule has 0 aliphatic carbocycles. The van der Waals surface area contributed by atoms with Crippen LogP contribution in [0.25, 0.3) is 0 Å². The number of aromatic nitrogens is 2. The zero-order valence-electron chi connectivity index (χ0n) is 12.0. The molecule has 0 bridgehead atoms. The van der Waals surface area contributed by atoms with Crippen LogP contribution < -0.4 is 4.74 Å². The Morgan fingerprint density at radius 2 is 1.81 bits per heavy atom. The van der Waals surface area contributed by atoms with E-state index in [1.165, 1.54) is 25.4 Å². The van der Waals surface area contributed by atoms with E-state index in [0.717, 1.165) is 5.56 Å². The van der Waals surface area contributed by atoms with E-state index in [9.17, 15) is 8.42 Å². The molecule has 6 nitrogen and oxygen atoms in total. The second-order valence-corrected chi connectivity index (χ2v) is 6.05. The summed E-state index contributed by atoms with van der Waals surface area (Å²) in [5, 5.41) is 0. The number of benzene rings is 1. The first-order valence-corrected chi connectivity index (χ1v) is 7.70. The lowest BCUT2D eigenvalue weighted by Crippen LogP contribution is -2.11. The van der Waals surface area contributed by atoms with Crippen molar-refractivity contribution in [1.29, 1.82) is 0 Å². The van der Waals surface area contributed by atoms with Gasteiger partial charge in [0.25, 0.3) is 10.1 Å². The number of methoxy groups -OCH3 is 1. The number of ether oxygens (including phenoxy) is 1. The van der Waals surface area contributed by atoms with Crippen LogP contribution in [-0.4, -0.2) is 25.5 Å². The zero-order chi connectivity index (χ0) is 15.5. The van der Waals surface area contributed by atoms with Crippen molar-refractivity contribution in [3.63, 3.8) is 0 Å². The summed E-state index contributed by atoms with van der Waals surface area (Å²) in [5.41, 5.74) is 1.40. The Kier molecular flexibility index (Phi) is 4.54. The fourth-order valence-corrected chi connectivity index (χ4v) is 2.74. The van der Waals surface area contributed by atoms with Crippen molar-refractivity contribution < 1.29 is 17.3 Å². The molecule has 1 unspecified atom stereocenters. The van der Waals surface area contributed by atoms with Crippen LogP contribution in [0.1, 0.15) is 24.3 Å². The molecule has 0 radical (unpaired) electrons. The van der Waals surface area contributed by atoms with Crippen LogP contribution in [0.5, 0.6) is 6.01 Å². The molecule has 0 fully saturated rings. The fraction of sp³-hybridized carbons (Fsp3) is 0.286. The molecule has 1 atom stereocenters. The van der Waals surface area contributed by atoms with Gasteiger partial charge in [-0.25, -0.2) is 4.98 Å². The maximum Gasteiger partial charge on any atom is 0.316 e. The molecular formula is C14H16N2O4S. The van der Waals surface area contributed by atoms with Crippen LogP contribution in [0, 0.1) is 6.92 Å². The van der Waals surface area contributed by atoms with Gasteiger partial charge in [-0.1, -0.05) is 17.7 Å². The van der Waals surface area contributed by atoms with Gasteiger partial charge in [-0.3, -0.25) is 4.18 Å². The smallest absolute Gasteiger partial charge is 0.316 e. The molecule has 1 aromatic heterocycles. The van der Waals surface area contributed by atoms with E-state index in [1.54, 1.807) is 25.1 Å². The van der Waals surface area contributed by atoms with E-state index >= 15 is 0 Å². The number of hydrogen-bond acceptors (Lipinski definition) is 6. The highest BCUT2D eigenvalue weighted by Gasteiger charge is 2.21. The summed E-state index contributed by atoms with van der Waals surface area (Å²) in [4.78, 5) is 8.04. The van der Waals surface area contributed by atoms with Gasteiger partial charge in [-0.05, 0) is 32.0 Å². The average molecular weight is 308 g/mol. The van der Waals surface area contributed by atoms with Crippen molar-refractivity contribution in [1.82, 2.24) is 9.97 Å². The first kappa shape index (κ1) is 15.4. The van der Waals surface area contributed by atoms with Crippen LogP contribution in [0.15, 0.2) is 41.4 Å². The predicted molar refractivity (Wildman–Crippen MR) is 76.4 cm³/mol. The standard InChI is InChI=1S/C14H16N2O4S/c1-10-4-6-12(7-5-10)21(17,18)20-11(2)13-8-9-15-14(16-13)19-3/h4-9,11H,1-3H3. The Morgan fingerprint density at radius 3 is 2.43 bits per heavy atom. The molecule has 0 saturated heterocycles. The van der Waals surface area contributed by atoms with Crippen molar-refractivity contribution in [2.24, 2.45) is 0 Å². The highest BCUT2D eigenvalue weighted by Crippen LogP contribution is 2.23. The van der Waals surface area contributed by atoms with Crippen LogP contribution in [-0.2, 0) is 14.3 Å². The lowest BCUT2D eigenvalue weighted by atomic mass is 10.2. The predicted octanol–water partition coefficient (Wildman–Crippen LogP) is 2.26. The fourth-order valence-electron chi connectivity index (χ4n) is 1.68. The van der Waals surface area contributed by atoms with Crippen molar-refractivity contribution in [2.75, 3.05) is 7.11 Å². The summed E-state index contributed by atoms with van der Waals surface area (Å²) in [5.74, 6) is 0. The second-order valence-electron chi connectivity index (χ2n) is 4.47. The third-order valence-corrected chi connectivity index (χ3v) is 4.23. The molecule has 7 heteroatoms. The molecule has 0 N–H and O–H groups in total. The first-order valence-electron chi connectivity index (χ1n) is 6.29. The molecule has 0 amide bonds. The third kappa shape index (κ3) is 3.77. The second kappa shape index (κ2) is 6.19. The van der Waals surface area contributed by atoms with E-state index in [1.807, 2.05) is 6.92 Å². The summed E-state index contributed by atoms with van der Waals surface area (Å²) in [6.45, 7) is 3.49. The third-order valence-electron chi connectivity index (χ3n) is 2.83. The number of hydrogen-bond donors (Lipinski definition) is 0. The van der Waals surface area contributed by atoms with Crippen molar-refractivity contribution >= 4 is 10.1 Å². The minimum absolute atomic E-state index is 0.112. The van der Waals surface area contributed by atoms with Crippen LogP contribution >= 0.6 is 0 Å². The molecular weight excluding hydrogens is 292 g/mol. The SMILES string of the molecule is COc1nccc(C(C)OS(=O)(=O)c2ccc(C)cc2)n1. The normalized spacial score (nSPS) is 12.9. The van der Waals surface area contributed by atoms with Gasteiger partial charge in [0, 0.05) is 6.20 Å². The molecule has 1 aromatic carbocycles. The monoisotopic (exact) mass is 308 g/mol. The first-order chi connectivity index (χ1) is 9.92. The summed E-state index contributed by atoms with van der Waals surface area (Å²) in [6.07, 6.45) is 0.743. The molecule has 1 heterocycles. The van der Waals surface area contributed by atoms with Crippen molar-refractivity contribution in [3.8, 4) is 6.01 Å². The van der Waals surface area contributed by atoms with Gasteiger partial charge < -0.3 is 4.74 Å². The maximum absolute atomic E-state index is 12.2. The van der Waals surface area contributed by atoms with Crippen LogP contribution in [0.2, 0.25) is 0 Å². The van der Waals surface area contributed by atoms with E-state index in [4.69, 9.17) is 8.92 Å². The van der Waals surface area contributed by atoms with Gasteiger partial charge in [-0.2, -0.15) is 13.4 Å². The molecule has 2 aromatic rings. The zero-order valence-corrected chi connectivity index (χ0v) is 12.8. The number of aryl methyl sites for hydroxylation is 1. The van der Waals surface area contributed by atoms with Gasteiger partial charge in [0.2, 0.25) is 0 Å². The van der Waals surface area contributed by atoms with E-state index < -0.39 is 16.2 Å². The quantitative estimate of drug-likeness (QED) is 0.788. The lowest BCUT2D eigenvalue weighted by Gasteiger charge is -2.13. The highest BCUT2D eigenvalue weighted by molar-refractivity contribution is 7.86. The minimum Gasteiger partial charge on any atom is -0.467 e. The van der Waals surface area contributed by atoms with Gasteiger partial charge in [0.1, 0.15) is 6.10 Å². The van der Waals surface area contributed by atoms with Crippen LogP contribution in [0.3, 0.4) is 0 Å². The largest absolute Gasteiger partial charge is 0.467 e. The molecule has 112 valence electrons. The average Bonchev–Trinajstić information content (AvgIpc) is 2.47. The Balaban J connectivity index is 2.21. The summed E-state index contributed by atoms with van der Waals surface area (Å²) in [7, 11) is -2.41. The molecule has 0 aliphatic heterocycles. The van der Waals surface area contributed by atoms with Crippen molar-refractivity contribution in [2.45, 2.75) is 24.8 Å². The van der Waals surface area contributed by atoms with E-state index in [-0.39, 0.29) is 10.9 Å². The van der Waals surface area contributed by atoms with Gasteiger partial charge >= 0.3 is 6.01 Å². The Labute approximate surface area is 123 Å². The Bertz CT molecular complexity index is 714. The molecule has 0 saturated carbocycles. The molecule has 0 spiro atoms. The minimum atomic E-state index is -3.85. The van der Waals surface area contributed by atoms with Gasteiger partial charge in [0.15, 0.2) is 0 Å². The molecule has 0 aliphatic rings. The van der Waals surface area contributed by atoms with E-state index in [2.05, 4.69) is 9.97 Å². The van der Waals surface area contributed by atoms with Crippen LogP contribution in [0.4, 0.5) is 0 Å². The summed E-state index contributed by atoms with van der Waals surface area (Å²) < 4.78 is 34.5. The van der Waals surface area contributed by atoms with Gasteiger partial charge in [0.05, 0.1) is 17.7 Å². The lowest BCUT2D eigenvalue weighted by molar-refractivity contribution is 0.226. The molecule has 2 rings (SSSR count). The summed E-state index contributed by atoms with van der Waals surface area (Å²) >= 11 is 0. The Morgan fingerprint density at radius 1 is 1.14 bits per heavy atom. The van der Waals surface area contributed by atoms with E-state index in [0.29, 0.717) is 5.69 Å². The highest BCUT2D eigenvalue weighted by atomic mass is 32.2. The maximum atomic E-state index is 12.2. The van der Waals surface area contributed by atoms with Gasteiger partial charge in [-0.15, -0.1) is 0 Å². The topological polar surface area (TPSA) is 78.4 Å². The number of nitrogens with zero attached hydrogens (tertiary/aromatic N) is 2. The Hall–Kier alpha value is -1.99. The number of rotatable bonds is 5. The molecule has 21 heavy (non-hydrogen) atoms. The summed E-state index contributed by atoms with van der Waals surface area (Å²) in [6, 6.07) is 8.20. The van der Waals surface area contributed by atoms with Crippen molar-refractivity contribution in [3.05, 3.63) is 47.8 Å².